The third-order valence-corrected chi connectivity index (χ3v) is 3.30. The van der Waals surface area contributed by atoms with Gasteiger partial charge in [0.15, 0.2) is 5.60 Å². The Morgan fingerprint density at radius 2 is 1.58 bits per heavy atom. The summed E-state index contributed by atoms with van der Waals surface area (Å²) in [7, 11) is 0. The predicted molar refractivity (Wildman–Crippen MR) is 62.2 cm³/mol. The van der Waals surface area contributed by atoms with Crippen LogP contribution in [0.25, 0.3) is 0 Å². The first-order valence-electron chi connectivity index (χ1n) is 6.11. The van der Waals surface area contributed by atoms with Crippen molar-refractivity contribution in [1.29, 1.82) is 0 Å². The Labute approximate surface area is 110 Å². The van der Waals surface area contributed by atoms with Gasteiger partial charge < -0.3 is 15.6 Å². The summed E-state index contributed by atoms with van der Waals surface area (Å²) in [5.74, 6) is -0.718. The normalized spacial score (nSPS) is 33.1. The van der Waals surface area contributed by atoms with Gasteiger partial charge in [0.1, 0.15) is 11.1 Å². The Morgan fingerprint density at radius 1 is 1.16 bits per heavy atom. The molecule has 0 aromatic heterocycles. The van der Waals surface area contributed by atoms with Gasteiger partial charge in [-0.05, 0) is 46.5 Å². The van der Waals surface area contributed by atoms with E-state index in [1.807, 2.05) is 0 Å². The molecule has 0 spiro atoms. The Kier molecular flexibility index (Phi) is 3.95. The molecule has 3 N–H and O–H groups in total. The predicted octanol–water partition coefficient (Wildman–Crippen LogP) is 1.89. The molecule has 0 bridgehead atoms. The molecule has 1 aliphatic carbocycles. The number of aliphatic hydroxyl groups is 1. The fourth-order valence-corrected chi connectivity index (χ4v) is 1.98. The maximum absolute atomic E-state index is 12.6. The van der Waals surface area contributed by atoms with Crippen LogP contribution in [0.15, 0.2) is 0 Å². The number of alkyl halides is 3. The van der Waals surface area contributed by atoms with Gasteiger partial charge in [-0.15, -0.1) is 0 Å². The lowest BCUT2D eigenvalue weighted by Gasteiger charge is -2.41. The van der Waals surface area contributed by atoms with Gasteiger partial charge in [0, 0.05) is 0 Å². The van der Waals surface area contributed by atoms with Crippen molar-refractivity contribution in [3.8, 4) is 0 Å². The van der Waals surface area contributed by atoms with Gasteiger partial charge in [0.2, 0.25) is 0 Å². The van der Waals surface area contributed by atoms with Crippen molar-refractivity contribution in [3.05, 3.63) is 0 Å². The lowest BCUT2D eigenvalue weighted by Crippen LogP contribution is -2.59. The number of ether oxygens (including phenoxy) is 1. The van der Waals surface area contributed by atoms with Crippen molar-refractivity contribution in [3.63, 3.8) is 0 Å². The lowest BCUT2D eigenvalue weighted by atomic mass is 9.74. The van der Waals surface area contributed by atoms with Crippen molar-refractivity contribution in [2.75, 3.05) is 0 Å². The van der Waals surface area contributed by atoms with E-state index in [2.05, 4.69) is 0 Å². The third-order valence-electron chi connectivity index (χ3n) is 3.30. The molecule has 1 rings (SSSR count). The first kappa shape index (κ1) is 16.2. The average molecular weight is 283 g/mol. The number of esters is 1. The summed E-state index contributed by atoms with van der Waals surface area (Å²) in [5, 5.41) is 9.52. The van der Waals surface area contributed by atoms with Crippen LogP contribution in [0.4, 0.5) is 13.2 Å². The molecule has 1 saturated carbocycles. The zero-order valence-electron chi connectivity index (χ0n) is 11.3. The molecule has 0 radical (unpaired) electrons. The van der Waals surface area contributed by atoms with E-state index in [9.17, 15) is 23.1 Å². The van der Waals surface area contributed by atoms with E-state index in [1.165, 1.54) is 0 Å². The largest absolute Gasteiger partial charge is 0.459 e. The third kappa shape index (κ3) is 3.60. The highest BCUT2D eigenvalue weighted by atomic mass is 19.4. The number of hydrogen-bond donors (Lipinski definition) is 2. The van der Waals surface area contributed by atoms with Crippen LogP contribution in [0.3, 0.4) is 0 Å². The standard InChI is InChI=1S/C12H20F3NO3/c1-9(2,3)19-8(17)10(16)4-6-11(18,7-5-10)12(13,14)15/h18H,4-7,16H2,1-3H3. The van der Waals surface area contributed by atoms with Crippen LogP contribution in [0.1, 0.15) is 46.5 Å². The Hall–Kier alpha value is -0.820. The van der Waals surface area contributed by atoms with E-state index in [0.717, 1.165) is 0 Å². The maximum Gasteiger partial charge on any atom is 0.417 e. The van der Waals surface area contributed by atoms with Crippen LogP contribution in [0.5, 0.6) is 0 Å². The Balaban J connectivity index is 2.74. The molecule has 4 nitrogen and oxygen atoms in total. The van der Waals surface area contributed by atoms with E-state index in [0.29, 0.717) is 0 Å². The second-order valence-corrected chi connectivity index (χ2v) is 6.19. The number of hydrogen-bond acceptors (Lipinski definition) is 4. The van der Waals surface area contributed by atoms with Crippen molar-refractivity contribution >= 4 is 5.97 Å². The first-order valence-corrected chi connectivity index (χ1v) is 6.11. The smallest absolute Gasteiger partial charge is 0.417 e. The van der Waals surface area contributed by atoms with Gasteiger partial charge in [-0.1, -0.05) is 0 Å². The summed E-state index contributed by atoms with van der Waals surface area (Å²) in [6, 6.07) is 0. The zero-order chi connectivity index (χ0) is 15.1. The monoisotopic (exact) mass is 283 g/mol. The van der Waals surface area contributed by atoms with Gasteiger partial charge in [0.25, 0.3) is 0 Å². The highest BCUT2D eigenvalue weighted by Gasteiger charge is 2.58. The Bertz CT molecular complexity index is 352. The molecule has 0 aliphatic heterocycles. The number of rotatable bonds is 1. The molecule has 0 saturated heterocycles. The molecular weight excluding hydrogens is 263 g/mol. The summed E-state index contributed by atoms with van der Waals surface area (Å²) in [6.07, 6.45) is -6.39. The molecule has 0 atom stereocenters. The molecular formula is C12H20F3NO3. The van der Waals surface area contributed by atoms with E-state index < -0.39 is 41.7 Å². The van der Waals surface area contributed by atoms with E-state index in [-0.39, 0.29) is 12.8 Å². The van der Waals surface area contributed by atoms with Gasteiger partial charge >= 0.3 is 12.1 Å². The van der Waals surface area contributed by atoms with Crippen LogP contribution >= 0.6 is 0 Å². The fourth-order valence-electron chi connectivity index (χ4n) is 1.98. The van der Waals surface area contributed by atoms with Gasteiger partial charge in [0.05, 0.1) is 0 Å². The zero-order valence-corrected chi connectivity index (χ0v) is 11.3. The maximum atomic E-state index is 12.6. The highest BCUT2D eigenvalue weighted by molar-refractivity contribution is 5.81. The van der Waals surface area contributed by atoms with Crippen molar-refractivity contribution in [1.82, 2.24) is 0 Å². The summed E-state index contributed by atoms with van der Waals surface area (Å²) in [5.41, 5.74) is 0.867. The molecule has 1 fully saturated rings. The van der Waals surface area contributed by atoms with Gasteiger partial charge in [-0.25, -0.2) is 0 Å². The van der Waals surface area contributed by atoms with Gasteiger partial charge in [-0.3, -0.25) is 4.79 Å². The van der Waals surface area contributed by atoms with E-state index in [4.69, 9.17) is 10.5 Å². The van der Waals surface area contributed by atoms with Crippen molar-refractivity contribution < 1.29 is 27.8 Å². The lowest BCUT2D eigenvalue weighted by molar-refractivity contribution is -0.273. The number of halogens is 3. The average Bonchev–Trinajstić information content (AvgIpc) is 2.18. The minimum atomic E-state index is -4.71. The number of carbonyl (C=O) groups is 1. The molecule has 0 aromatic carbocycles. The van der Waals surface area contributed by atoms with Crippen LogP contribution in [-0.2, 0) is 9.53 Å². The molecule has 112 valence electrons. The first-order chi connectivity index (χ1) is 8.29. The van der Waals surface area contributed by atoms with Crippen LogP contribution in [0.2, 0.25) is 0 Å². The SMILES string of the molecule is CC(C)(C)OC(=O)C1(N)CCC(O)(C(F)(F)F)CC1. The molecule has 0 heterocycles. The van der Waals surface area contributed by atoms with E-state index in [1.54, 1.807) is 20.8 Å². The minimum absolute atomic E-state index is 0.252. The molecule has 0 aromatic rings. The molecule has 1 aliphatic rings. The highest BCUT2D eigenvalue weighted by Crippen LogP contribution is 2.44. The van der Waals surface area contributed by atoms with Gasteiger partial charge in [-0.2, -0.15) is 13.2 Å². The quantitative estimate of drug-likeness (QED) is 0.721. The van der Waals surface area contributed by atoms with Crippen LogP contribution < -0.4 is 5.73 Å². The van der Waals surface area contributed by atoms with E-state index >= 15 is 0 Å². The summed E-state index contributed by atoms with van der Waals surface area (Å²) in [6.45, 7) is 4.97. The molecule has 0 unspecified atom stereocenters. The molecule has 7 heteroatoms. The Morgan fingerprint density at radius 3 is 1.89 bits per heavy atom. The summed E-state index contributed by atoms with van der Waals surface area (Å²) >= 11 is 0. The molecule has 0 amide bonds. The fraction of sp³-hybridized carbons (Fsp3) is 0.917. The minimum Gasteiger partial charge on any atom is -0.459 e. The summed E-state index contributed by atoms with van der Waals surface area (Å²) < 4.78 is 43.0. The van der Waals surface area contributed by atoms with Crippen molar-refractivity contribution in [2.24, 2.45) is 5.73 Å². The molecule has 19 heavy (non-hydrogen) atoms. The topological polar surface area (TPSA) is 72.5 Å². The summed E-state index contributed by atoms with van der Waals surface area (Å²) in [4.78, 5) is 11.9. The second kappa shape index (κ2) is 4.63. The number of nitrogens with two attached hydrogens (primary N) is 1. The number of carbonyl (C=O) groups excluding carboxylic acids is 1. The van der Waals surface area contributed by atoms with Crippen LogP contribution in [0, 0.1) is 0 Å². The second-order valence-electron chi connectivity index (χ2n) is 6.19. The van der Waals surface area contributed by atoms with Crippen LogP contribution in [-0.4, -0.2) is 34.0 Å². The van der Waals surface area contributed by atoms with Crippen molar-refractivity contribution in [2.45, 2.75) is 69.4 Å².